The number of carbonyl (C=O) groups excluding carboxylic acids is 3. The molecular formula is C40H49N7O5S. The Morgan fingerprint density at radius 3 is 2.81 bits per heavy atom. The van der Waals surface area contributed by atoms with E-state index in [4.69, 9.17) is 19.4 Å². The van der Waals surface area contributed by atoms with Gasteiger partial charge in [-0.1, -0.05) is 19.9 Å². The first-order valence-corrected chi connectivity index (χ1v) is 19.5. The molecule has 1 aliphatic carbocycles. The number of cyclic esters (lactones) is 1. The first kappa shape index (κ1) is 36.9. The number of nitrogens with one attached hydrogen (secondary N) is 1. The number of esters is 1. The standard InChI is InChI=1S/C40H49N7O5S/c1-7-46-33-15-12-25-18-29(33)30(36(46)28-10-8-16-41-35(28)24(2)51-6)20-40(3,4)23-52-38(49)31-11-9-17-47(44-31)37(48)26(19-34-43-32(25)22-53-34)21-42-39(50)45(5)27-13-14-27/h8,10,12,15-16,18,21-22,24,26-27,31,44H,7,9,11,13-14,17,19-20,23H2,1-6H3/b42-21+/t24-,26+,31-/m0/s1. The minimum absolute atomic E-state index is 0.186. The lowest BCUT2D eigenvalue weighted by atomic mass is 9.84. The second-order valence-corrected chi connectivity index (χ2v) is 16.2. The van der Waals surface area contributed by atoms with E-state index in [0.717, 1.165) is 69.1 Å². The third-order valence-electron chi connectivity index (χ3n) is 10.6. The van der Waals surface area contributed by atoms with Crippen LogP contribution < -0.4 is 5.43 Å². The van der Waals surface area contributed by atoms with E-state index in [1.807, 2.05) is 18.4 Å². The molecule has 12 nitrogen and oxygen atoms in total. The molecule has 0 spiro atoms. The molecule has 3 amide bonds. The van der Waals surface area contributed by atoms with E-state index in [1.54, 1.807) is 25.3 Å². The van der Waals surface area contributed by atoms with E-state index in [1.165, 1.54) is 22.6 Å². The van der Waals surface area contributed by atoms with Gasteiger partial charge in [-0.2, -0.15) is 0 Å². The van der Waals surface area contributed by atoms with Crippen LogP contribution in [0.5, 0.6) is 0 Å². The number of fused-ring (bicyclic) bond motifs is 6. The maximum Gasteiger partial charge on any atom is 0.343 e. The average molecular weight is 740 g/mol. The van der Waals surface area contributed by atoms with E-state index in [2.05, 4.69) is 60.0 Å². The number of aliphatic imine (C=N–C) groups is 1. The molecule has 6 bridgehead atoms. The molecule has 3 aromatic heterocycles. The molecule has 53 heavy (non-hydrogen) atoms. The van der Waals surface area contributed by atoms with Gasteiger partial charge in [0.2, 0.25) is 5.91 Å². The van der Waals surface area contributed by atoms with E-state index in [0.29, 0.717) is 25.8 Å². The highest BCUT2D eigenvalue weighted by atomic mass is 32.1. The van der Waals surface area contributed by atoms with Crippen molar-refractivity contribution in [1.82, 2.24) is 29.9 Å². The van der Waals surface area contributed by atoms with E-state index < -0.39 is 23.3 Å². The molecule has 4 aromatic rings. The summed E-state index contributed by atoms with van der Waals surface area (Å²) in [5.74, 6) is -1.41. The number of ether oxygens (including phenoxy) is 2. The van der Waals surface area contributed by atoms with Gasteiger partial charge in [-0.3, -0.25) is 19.6 Å². The largest absolute Gasteiger partial charge is 0.464 e. The Balaban J connectivity index is 1.34. The zero-order valence-corrected chi connectivity index (χ0v) is 32.2. The molecule has 3 aliphatic rings. The molecule has 1 aromatic carbocycles. The zero-order valence-electron chi connectivity index (χ0n) is 31.4. The molecule has 3 atom stereocenters. The van der Waals surface area contributed by atoms with Crippen molar-refractivity contribution in [3.63, 3.8) is 0 Å². The summed E-state index contributed by atoms with van der Waals surface area (Å²) in [6, 6.07) is 9.69. The van der Waals surface area contributed by atoms with Crippen LogP contribution in [0.3, 0.4) is 0 Å². The molecule has 0 unspecified atom stereocenters. The Kier molecular flexibility index (Phi) is 10.5. The zero-order chi connectivity index (χ0) is 37.4. The molecule has 5 heterocycles. The molecule has 280 valence electrons. The second-order valence-electron chi connectivity index (χ2n) is 15.2. The summed E-state index contributed by atoms with van der Waals surface area (Å²) in [4.78, 5) is 56.3. The number of pyridine rings is 1. The van der Waals surface area contributed by atoms with Crippen LogP contribution in [-0.2, 0) is 38.4 Å². The number of hydrogen-bond acceptors (Lipinski definition) is 9. The fraction of sp³-hybridized carbons (Fsp3) is 0.500. The summed E-state index contributed by atoms with van der Waals surface area (Å²) in [6.07, 6.45) is 7.02. The van der Waals surface area contributed by atoms with Gasteiger partial charge in [0, 0.05) is 84.9 Å². The second kappa shape index (κ2) is 15.1. The van der Waals surface area contributed by atoms with Crippen molar-refractivity contribution in [2.24, 2.45) is 16.3 Å². The minimum Gasteiger partial charge on any atom is -0.464 e. The molecule has 1 saturated heterocycles. The molecule has 1 N–H and O–H groups in total. The first-order chi connectivity index (χ1) is 25.5. The Hall–Kier alpha value is -4.46. The van der Waals surface area contributed by atoms with Crippen LogP contribution in [0, 0.1) is 11.3 Å². The number of methoxy groups -OCH3 is 1. The van der Waals surface area contributed by atoms with E-state index in [9.17, 15) is 14.4 Å². The van der Waals surface area contributed by atoms with Crippen molar-refractivity contribution < 1.29 is 23.9 Å². The number of rotatable bonds is 6. The lowest BCUT2D eigenvalue weighted by molar-refractivity contribution is -0.155. The number of thiazole rings is 1. The Bertz CT molecular complexity index is 2050. The SMILES string of the molecule is CCn1c(-c2cccnc2[C@H](C)OC)c2c3cc(ccc31)-c1csc(n1)C[C@H](/C=N/C(=O)N(C)C1CC1)C(=O)N1CCC[C@H](N1)C(=O)OCC(C)(C)C2. The van der Waals surface area contributed by atoms with Crippen LogP contribution >= 0.6 is 11.3 Å². The lowest BCUT2D eigenvalue weighted by Crippen LogP contribution is -2.57. The number of hydrazine groups is 1. The maximum atomic E-state index is 14.1. The first-order valence-electron chi connectivity index (χ1n) is 18.6. The van der Waals surface area contributed by atoms with E-state index in [-0.39, 0.29) is 37.1 Å². The fourth-order valence-corrected chi connectivity index (χ4v) is 8.32. The van der Waals surface area contributed by atoms with Crippen molar-refractivity contribution >= 4 is 46.4 Å². The molecule has 7 rings (SSSR count). The number of urea groups is 1. The van der Waals surface area contributed by atoms with Gasteiger partial charge in [0.25, 0.3) is 0 Å². The van der Waals surface area contributed by atoms with Gasteiger partial charge in [-0.05, 0) is 75.8 Å². The van der Waals surface area contributed by atoms with Crippen molar-refractivity contribution in [2.45, 2.75) is 91.0 Å². The Morgan fingerprint density at radius 1 is 1.25 bits per heavy atom. The molecule has 1 saturated carbocycles. The summed E-state index contributed by atoms with van der Waals surface area (Å²) < 4.78 is 14.2. The highest BCUT2D eigenvalue weighted by Crippen LogP contribution is 2.42. The molecule has 0 radical (unpaired) electrons. The number of nitrogens with zero attached hydrogens (tertiary/aromatic N) is 6. The third-order valence-corrected chi connectivity index (χ3v) is 11.5. The summed E-state index contributed by atoms with van der Waals surface area (Å²) in [5.41, 5.74) is 9.65. The van der Waals surface area contributed by atoms with Crippen LogP contribution in [0.4, 0.5) is 4.79 Å². The lowest BCUT2D eigenvalue weighted by Gasteiger charge is -2.35. The fourth-order valence-electron chi connectivity index (χ4n) is 7.46. The van der Waals surface area contributed by atoms with Gasteiger partial charge < -0.3 is 18.9 Å². The van der Waals surface area contributed by atoms with Gasteiger partial charge in [0.15, 0.2) is 0 Å². The predicted molar refractivity (Wildman–Crippen MR) is 206 cm³/mol. The molecule has 2 aliphatic heterocycles. The van der Waals surface area contributed by atoms with Crippen molar-refractivity contribution in [2.75, 3.05) is 27.3 Å². The van der Waals surface area contributed by atoms with Crippen molar-refractivity contribution in [1.29, 1.82) is 0 Å². The normalized spacial score (nSPS) is 21.4. The topological polar surface area (TPSA) is 131 Å². The highest BCUT2D eigenvalue weighted by molar-refractivity contribution is 7.10. The van der Waals surface area contributed by atoms with Crippen LogP contribution in [0.2, 0.25) is 0 Å². The summed E-state index contributed by atoms with van der Waals surface area (Å²) in [6.45, 7) is 9.74. The summed E-state index contributed by atoms with van der Waals surface area (Å²) in [7, 11) is 3.44. The minimum atomic E-state index is -0.760. The van der Waals surface area contributed by atoms with Crippen LogP contribution in [0.25, 0.3) is 33.4 Å². The smallest absolute Gasteiger partial charge is 0.343 e. The maximum absolute atomic E-state index is 14.1. The molecule has 2 fully saturated rings. The summed E-state index contributed by atoms with van der Waals surface area (Å²) in [5, 5.41) is 5.37. The van der Waals surface area contributed by atoms with Crippen LogP contribution in [0.1, 0.15) is 75.7 Å². The highest BCUT2D eigenvalue weighted by Gasteiger charge is 2.35. The number of carbonyl (C=O) groups is 3. The van der Waals surface area contributed by atoms with Gasteiger partial charge in [-0.15, -0.1) is 11.3 Å². The van der Waals surface area contributed by atoms with Gasteiger partial charge >= 0.3 is 12.0 Å². The monoisotopic (exact) mass is 739 g/mol. The van der Waals surface area contributed by atoms with Gasteiger partial charge in [0.05, 0.1) is 40.7 Å². The number of benzene rings is 1. The van der Waals surface area contributed by atoms with Crippen LogP contribution in [0.15, 0.2) is 46.9 Å². The average Bonchev–Trinajstić information content (AvgIpc) is 3.85. The van der Waals surface area contributed by atoms with Gasteiger partial charge in [-0.25, -0.2) is 20.2 Å². The number of aromatic nitrogens is 3. The quantitative estimate of drug-likeness (QED) is 0.173. The van der Waals surface area contributed by atoms with Gasteiger partial charge in [0.1, 0.15) is 6.04 Å². The summed E-state index contributed by atoms with van der Waals surface area (Å²) >= 11 is 1.48. The van der Waals surface area contributed by atoms with Crippen molar-refractivity contribution in [3.8, 4) is 22.5 Å². The Morgan fingerprint density at radius 2 is 2.06 bits per heavy atom. The number of hydrogen-bond donors (Lipinski definition) is 1. The van der Waals surface area contributed by atoms with E-state index >= 15 is 0 Å². The van der Waals surface area contributed by atoms with Crippen molar-refractivity contribution in [3.05, 3.63) is 58.2 Å². The molecular weight excluding hydrogens is 691 g/mol. The third kappa shape index (κ3) is 7.65. The number of amides is 3. The number of aryl methyl sites for hydroxylation is 1. The Labute approximate surface area is 314 Å². The predicted octanol–water partition coefficient (Wildman–Crippen LogP) is 6.62. The van der Waals surface area contributed by atoms with Crippen LogP contribution in [-0.4, -0.2) is 88.0 Å². The molecule has 13 heteroatoms.